The molecule has 0 bridgehead atoms. The van der Waals surface area contributed by atoms with Crippen molar-refractivity contribution in [3.05, 3.63) is 34.7 Å². The minimum absolute atomic E-state index is 0.109. The normalized spacial score (nSPS) is 15.9. The lowest BCUT2D eigenvalue weighted by Crippen LogP contribution is -2.44. The minimum atomic E-state index is -1.30. The molecule has 0 aromatic heterocycles. The summed E-state index contributed by atoms with van der Waals surface area (Å²) in [6.07, 6.45) is 8.25. The van der Waals surface area contributed by atoms with Crippen LogP contribution in [-0.4, -0.2) is 49.9 Å². The number of carbonyl (C=O) groups is 3. The third-order valence-corrected chi connectivity index (χ3v) is 6.33. The summed E-state index contributed by atoms with van der Waals surface area (Å²) in [5, 5.41) is 18.3. The molecule has 1 aromatic rings. The van der Waals surface area contributed by atoms with E-state index in [-0.39, 0.29) is 17.2 Å². The number of amides is 1. The van der Waals surface area contributed by atoms with Gasteiger partial charge in [-0.05, 0) is 36.6 Å². The Kier molecular flexibility index (Phi) is 10.7. The summed E-state index contributed by atoms with van der Waals surface area (Å²) in [6.45, 7) is 2.86. The van der Waals surface area contributed by atoms with Gasteiger partial charge in [-0.15, -0.1) is 0 Å². The fraction of sp³-hybridized carbons (Fsp3) is 0.478. The van der Waals surface area contributed by atoms with Crippen LogP contribution in [0.3, 0.4) is 0 Å². The summed E-state index contributed by atoms with van der Waals surface area (Å²) >= 11 is 6.21. The summed E-state index contributed by atoms with van der Waals surface area (Å²) in [5.41, 5.74) is 0.759. The number of hydrogen-bond donors (Lipinski definition) is 2. The van der Waals surface area contributed by atoms with E-state index in [0.29, 0.717) is 11.5 Å². The van der Waals surface area contributed by atoms with Crippen molar-refractivity contribution in [3.8, 4) is 5.75 Å². The van der Waals surface area contributed by atoms with Gasteiger partial charge >= 0.3 is 11.9 Å². The molecule has 0 saturated carbocycles. The average Bonchev–Trinajstić information content (AvgIpc) is 3.02. The summed E-state index contributed by atoms with van der Waals surface area (Å²) in [7, 11) is 0. The van der Waals surface area contributed by atoms with E-state index in [1.807, 2.05) is 24.3 Å². The molecule has 1 amide bonds. The molecule has 1 atom stereocenters. The van der Waals surface area contributed by atoms with E-state index in [0.717, 1.165) is 40.8 Å². The largest absolute Gasteiger partial charge is 0.494 e. The van der Waals surface area contributed by atoms with Crippen molar-refractivity contribution in [2.45, 2.75) is 64.3 Å². The Morgan fingerprint density at radius 1 is 1.12 bits per heavy atom. The Labute approximate surface area is 197 Å². The maximum absolute atomic E-state index is 12.8. The first-order chi connectivity index (χ1) is 15.3. The standard InChI is InChI=1S/C23H29NO6S2/c1-2-3-4-5-6-7-14-30-17-10-8-16(9-11-17)15-19-21(27)24(23(31)32-19)18(22(28)29)12-13-20(25)26/h8-11,15,18H,2-7,12-14H2,1H3,(H,25,26)(H,28,29)/b19-15+/t18-/m1/s1. The highest BCUT2D eigenvalue weighted by Gasteiger charge is 2.40. The van der Waals surface area contributed by atoms with E-state index < -0.39 is 23.9 Å². The van der Waals surface area contributed by atoms with Gasteiger partial charge in [0.15, 0.2) is 0 Å². The van der Waals surface area contributed by atoms with Crippen LogP contribution in [0.4, 0.5) is 0 Å². The Hall–Kier alpha value is -2.39. The average molecular weight is 480 g/mol. The first kappa shape index (κ1) is 25.9. The van der Waals surface area contributed by atoms with Gasteiger partial charge in [0.2, 0.25) is 0 Å². The molecule has 9 heteroatoms. The molecule has 7 nitrogen and oxygen atoms in total. The van der Waals surface area contributed by atoms with Crippen molar-refractivity contribution in [1.82, 2.24) is 4.90 Å². The van der Waals surface area contributed by atoms with E-state index in [2.05, 4.69) is 6.92 Å². The quantitative estimate of drug-likeness (QED) is 0.220. The predicted octanol–water partition coefficient (Wildman–Crippen LogP) is 4.95. The van der Waals surface area contributed by atoms with Crippen LogP contribution in [0.1, 0.15) is 63.9 Å². The fourth-order valence-corrected chi connectivity index (χ4v) is 4.61. The van der Waals surface area contributed by atoms with Crippen LogP contribution >= 0.6 is 24.0 Å². The molecule has 1 aromatic carbocycles. The van der Waals surface area contributed by atoms with Crippen molar-refractivity contribution >= 4 is 52.2 Å². The molecule has 2 N–H and O–H groups in total. The SMILES string of the molecule is CCCCCCCCOc1ccc(/C=C2/SC(=S)N([C@H](CCC(=O)O)C(=O)O)C2=O)cc1. The molecular formula is C23H29NO6S2. The molecule has 0 radical (unpaired) electrons. The van der Waals surface area contributed by atoms with Crippen LogP contribution in [0, 0.1) is 0 Å². The van der Waals surface area contributed by atoms with Gasteiger partial charge in [-0.3, -0.25) is 14.5 Å². The van der Waals surface area contributed by atoms with E-state index in [1.54, 1.807) is 6.08 Å². The third-order valence-electron chi connectivity index (χ3n) is 5.00. The molecule has 32 heavy (non-hydrogen) atoms. The van der Waals surface area contributed by atoms with Crippen LogP contribution in [0.25, 0.3) is 6.08 Å². The lowest BCUT2D eigenvalue weighted by molar-refractivity contribution is -0.146. The highest BCUT2D eigenvalue weighted by molar-refractivity contribution is 8.26. The van der Waals surface area contributed by atoms with Crippen LogP contribution in [0.5, 0.6) is 5.75 Å². The molecule has 0 aliphatic carbocycles. The van der Waals surface area contributed by atoms with Gasteiger partial charge in [0.25, 0.3) is 5.91 Å². The second kappa shape index (κ2) is 13.2. The zero-order valence-corrected chi connectivity index (χ0v) is 19.8. The van der Waals surface area contributed by atoms with E-state index in [9.17, 15) is 19.5 Å². The van der Waals surface area contributed by atoms with Gasteiger partial charge in [-0.1, -0.05) is 75.1 Å². The molecule has 0 unspecified atom stereocenters. The summed E-state index contributed by atoms with van der Waals surface area (Å²) in [5.74, 6) is -2.18. The Bertz CT molecular complexity index is 853. The highest BCUT2D eigenvalue weighted by atomic mass is 32.2. The van der Waals surface area contributed by atoms with E-state index in [1.165, 1.54) is 25.7 Å². The topological polar surface area (TPSA) is 104 Å². The zero-order chi connectivity index (χ0) is 23.5. The second-order valence-electron chi connectivity index (χ2n) is 7.52. The number of carboxylic acids is 2. The first-order valence-corrected chi connectivity index (χ1v) is 12.0. The van der Waals surface area contributed by atoms with Gasteiger partial charge in [0.1, 0.15) is 16.1 Å². The van der Waals surface area contributed by atoms with Gasteiger partial charge in [0.05, 0.1) is 11.5 Å². The lowest BCUT2D eigenvalue weighted by Gasteiger charge is -2.22. The maximum Gasteiger partial charge on any atom is 0.326 e. The third kappa shape index (κ3) is 7.94. The predicted molar refractivity (Wildman–Crippen MR) is 129 cm³/mol. The molecular weight excluding hydrogens is 450 g/mol. The Morgan fingerprint density at radius 3 is 2.41 bits per heavy atom. The first-order valence-electron chi connectivity index (χ1n) is 10.8. The number of hydrogen-bond acceptors (Lipinski definition) is 6. The fourth-order valence-electron chi connectivity index (χ4n) is 3.26. The van der Waals surface area contributed by atoms with Gasteiger partial charge in [-0.25, -0.2) is 4.79 Å². The van der Waals surface area contributed by atoms with E-state index >= 15 is 0 Å². The van der Waals surface area contributed by atoms with Gasteiger partial charge in [-0.2, -0.15) is 0 Å². The van der Waals surface area contributed by atoms with Crippen molar-refractivity contribution in [2.24, 2.45) is 0 Å². The van der Waals surface area contributed by atoms with Crippen molar-refractivity contribution in [1.29, 1.82) is 0 Å². The molecule has 2 rings (SSSR count). The highest BCUT2D eigenvalue weighted by Crippen LogP contribution is 2.35. The Balaban J connectivity index is 1.94. The van der Waals surface area contributed by atoms with Gasteiger partial charge in [0, 0.05) is 6.42 Å². The molecule has 1 heterocycles. The molecule has 174 valence electrons. The van der Waals surface area contributed by atoms with Crippen LogP contribution in [0.2, 0.25) is 0 Å². The number of aliphatic carboxylic acids is 2. The number of rotatable bonds is 14. The summed E-state index contributed by atoms with van der Waals surface area (Å²) < 4.78 is 5.87. The van der Waals surface area contributed by atoms with Crippen LogP contribution in [0.15, 0.2) is 29.2 Å². The molecule has 1 fully saturated rings. The molecule has 1 saturated heterocycles. The number of ether oxygens (including phenoxy) is 1. The number of unbranched alkanes of at least 4 members (excludes halogenated alkanes) is 5. The zero-order valence-electron chi connectivity index (χ0n) is 18.1. The number of carbonyl (C=O) groups excluding carboxylic acids is 1. The minimum Gasteiger partial charge on any atom is -0.494 e. The van der Waals surface area contributed by atoms with Crippen molar-refractivity contribution in [3.63, 3.8) is 0 Å². The summed E-state index contributed by atoms with van der Waals surface area (Å²) in [6, 6.07) is 6.00. The summed E-state index contributed by atoms with van der Waals surface area (Å²) in [4.78, 5) is 36.5. The monoisotopic (exact) mass is 479 g/mol. The second-order valence-corrected chi connectivity index (χ2v) is 9.20. The number of thiocarbonyl (C=S) groups is 1. The maximum atomic E-state index is 12.8. The van der Waals surface area contributed by atoms with Crippen molar-refractivity contribution < 1.29 is 29.3 Å². The van der Waals surface area contributed by atoms with Gasteiger partial charge < -0.3 is 14.9 Å². The number of nitrogens with zero attached hydrogens (tertiary/aromatic N) is 1. The van der Waals surface area contributed by atoms with Crippen LogP contribution in [-0.2, 0) is 14.4 Å². The van der Waals surface area contributed by atoms with Crippen molar-refractivity contribution in [2.75, 3.05) is 6.61 Å². The number of benzene rings is 1. The molecule has 1 aliphatic rings. The van der Waals surface area contributed by atoms with E-state index in [4.69, 9.17) is 22.1 Å². The van der Waals surface area contributed by atoms with Crippen LogP contribution < -0.4 is 4.74 Å². The smallest absolute Gasteiger partial charge is 0.326 e. The number of thioether (sulfide) groups is 1. The molecule has 1 aliphatic heterocycles. The lowest BCUT2D eigenvalue weighted by atomic mass is 10.1. The Morgan fingerprint density at radius 2 is 1.78 bits per heavy atom. The number of carboxylic acid groups (broad SMARTS) is 2. The molecule has 0 spiro atoms.